The van der Waals surface area contributed by atoms with E-state index in [0.29, 0.717) is 13.0 Å². The van der Waals surface area contributed by atoms with Gasteiger partial charge in [-0.15, -0.1) is 0 Å². The average Bonchev–Trinajstić information content (AvgIpc) is 3.61. The number of unbranched alkanes of at least 4 members (excludes halogenated alkanes) is 15. The van der Waals surface area contributed by atoms with E-state index in [-0.39, 0.29) is 5.97 Å². The Balaban J connectivity index is 1.82. The van der Waals surface area contributed by atoms with Crippen LogP contribution < -0.4 is 0 Å². The van der Waals surface area contributed by atoms with Gasteiger partial charge in [0.25, 0.3) is 0 Å². The number of hydrogen-bond acceptors (Lipinski definition) is 3. The van der Waals surface area contributed by atoms with Crippen molar-refractivity contribution in [1.29, 1.82) is 0 Å². The molecule has 3 nitrogen and oxygen atoms in total. The van der Waals surface area contributed by atoms with Crippen LogP contribution in [0.2, 0.25) is 0 Å². The maximum Gasteiger partial charge on any atom is 0.305 e. The lowest BCUT2D eigenvalue weighted by Crippen LogP contribution is -2.27. The summed E-state index contributed by atoms with van der Waals surface area (Å²) in [6.45, 7) is 4.69. The molecule has 0 aromatic rings. The third-order valence-electron chi connectivity index (χ3n) is 8.56. The first-order chi connectivity index (χ1) is 17.6. The van der Waals surface area contributed by atoms with E-state index >= 15 is 0 Å². The molecule has 0 aromatic carbocycles. The standard InChI is InChI=1S/C33H65NO2/c1-5-7-8-14-21-26-32(34(3)4)27-22-17-12-10-9-11-15-19-24-30-29-31(30)25-20-16-13-18-23-28-33(35)36-6-2/h30-32H,5-29H2,1-4H3. The van der Waals surface area contributed by atoms with Crippen molar-refractivity contribution in [2.75, 3.05) is 20.7 Å². The lowest BCUT2D eigenvalue weighted by molar-refractivity contribution is -0.143. The molecule has 0 aromatic heterocycles. The van der Waals surface area contributed by atoms with Crippen LogP contribution in [0.4, 0.5) is 0 Å². The molecular weight excluding hydrogens is 442 g/mol. The quantitative estimate of drug-likeness (QED) is 0.0818. The Morgan fingerprint density at radius 1 is 0.667 bits per heavy atom. The molecule has 0 heterocycles. The Morgan fingerprint density at radius 2 is 1.11 bits per heavy atom. The highest BCUT2D eigenvalue weighted by Crippen LogP contribution is 2.45. The maximum atomic E-state index is 11.3. The summed E-state index contributed by atoms with van der Waals surface area (Å²) >= 11 is 0. The molecule has 1 aliphatic carbocycles. The van der Waals surface area contributed by atoms with Crippen LogP contribution in [0.3, 0.4) is 0 Å². The first-order valence-electron chi connectivity index (χ1n) is 16.4. The van der Waals surface area contributed by atoms with E-state index in [1.807, 2.05) is 6.92 Å². The van der Waals surface area contributed by atoms with Gasteiger partial charge in [-0.05, 0) is 58.5 Å². The molecule has 1 rings (SSSR count). The number of nitrogens with zero attached hydrogens (tertiary/aromatic N) is 1. The van der Waals surface area contributed by atoms with Gasteiger partial charge in [-0.2, -0.15) is 0 Å². The molecule has 3 atom stereocenters. The van der Waals surface area contributed by atoms with Crippen molar-refractivity contribution < 1.29 is 9.53 Å². The average molecular weight is 508 g/mol. The zero-order chi connectivity index (χ0) is 26.3. The van der Waals surface area contributed by atoms with Crippen molar-refractivity contribution in [3.63, 3.8) is 0 Å². The van der Waals surface area contributed by atoms with E-state index in [4.69, 9.17) is 4.74 Å². The molecule has 0 amide bonds. The molecule has 214 valence electrons. The molecule has 0 spiro atoms. The van der Waals surface area contributed by atoms with Gasteiger partial charge in [-0.25, -0.2) is 0 Å². The number of rotatable bonds is 27. The summed E-state index contributed by atoms with van der Waals surface area (Å²) in [5, 5.41) is 0. The zero-order valence-corrected chi connectivity index (χ0v) is 25.2. The van der Waals surface area contributed by atoms with Crippen LogP contribution in [0.15, 0.2) is 0 Å². The highest BCUT2D eigenvalue weighted by atomic mass is 16.5. The largest absolute Gasteiger partial charge is 0.466 e. The molecule has 0 radical (unpaired) electrons. The summed E-state index contributed by atoms with van der Waals surface area (Å²) in [6, 6.07) is 0.806. The monoisotopic (exact) mass is 508 g/mol. The molecule has 0 saturated heterocycles. The smallest absolute Gasteiger partial charge is 0.305 e. The molecule has 3 heteroatoms. The van der Waals surface area contributed by atoms with E-state index in [1.54, 1.807) is 0 Å². The maximum absolute atomic E-state index is 11.3. The van der Waals surface area contributed by atoms with Gasteiger partial charge >= 0.3 is 5.97 Å². The van der Waals surface area contributed by atoms with Crippen LogP contribution in [-0.2, 0) is 9.53 Å². The van der Waals surface area contributed by atoms with Gasteiger partial charge < -0.3 is 9.64 Å². The van der Waals surface area contributed by atoms with E-state index in [1.165, 1.54) is 141 Å². The van der Waals surface area contributed by atoms with Gasteiger partial charge in [0, 0.05) is 12.5 Å². The van der Waals surface area contributed by atoms with E-state index < -0.39 is 0 Å². The highest BCUT2D eigenvalue weighted by molar-refractivity contribution is 5.69. The van der Waals surface area contributed by atoms with Crippen molar-refractivity contribution in [2.45, 2.75) is 174 Å². The van der Waals surface area contributed by atoms with E-state index in [9.17, 15) is 4.79 Å². The predicted molar refractivity (Wildman–Crippen MR) is 158 cm³/mol. The summed E-state index contributed by atoms with van der Waals surface area (Å²) in [5.41, 5.74) is 0. The Morgan fingerprint density at radius 3 is 1.58 bits per heavy atom. The predicted octanol–water partition coefficient (Wildman–Crippen LogP) is 10.1. The van der Waals surface area contributed by atoms with Crippen LogP contribution in [0.5, 0.6) is 0 Å². The molecule has 1 aliphatic rings. The number of carbonyl (C=O) groups is 1. The molecule has 0 bridgehead atoms. The Bertz CT molecular complexity index is 492. The fraction of sp³-hybridized carbons (Fsp3) is 0.970. The highest BCUT2D eigenvalue weighted by Gasteiger charge is 2.34. The lowest BCUT2D eigenvalue weighted by atomic mass is 9.99. The molecule has 3 unspecified atom stereocenters. The van der Waals surface area contributed by atoms with Crippen LogP contribution >= 0.6 is 0 Å². The third-order valence-corrected chi connectivity index (χ3v) is 8.56. The van der Waals surface area contributed by atoms with Crippen LogP contribution in [0.1, 0.15) is 168 Å². The minimum Gasteiger partial charge on any atom is -0.466 e. The summed E-state index contributed by atoms with van der Waals surface area (Å²) < 4.78 is 4.99. The third kappa shape index (κ3) is 19.5. The van der Waals surface area contributed by atoms with Gasteiger partial charge in [-0.1, -0.05) is 129 Å². The van der Waals surface area contributed by atoms with Gasteiger partial charge in [-0.3, -0.25) is 4.79 Å². The zero-order valence-electron chi connectivity index (χ0n) is 25.2. The number of ether oxygens (including phenoxy) is 1. The van der Waals surface area contributed by atoms with Crippen molar-refractivity contribution >= 4 is 5.97 Å². The van der Waals surface area contributed by atoms with E-state index in [2.05, 4.69) is 25.9 Å². The van der Waals surface area contributed by atoms with Crippen molar-refractivity contribution in [3.8, 4) is 0 Å². The summed E-state index contributed by atoms with van der Waals surface area (Å²) in [6.07, 6.45) is 32.7. The first-order valence-corrected chi connectivity index (χ1v) is 16.4. The topological polar surface area (TPSA) is 29.5 Å². The molecular formula is C33H65NO2. The van der Waals surface area contributed by atoms with Gasteiger partial charge in [0.05, 0.1) is 6.61 Å². The summed E-state index contributed by atoms with van der Waals surface area (Å²) in [5.74, 6) is 2.09. The summed E-state index contributed by atoms with van der Waals surface area (Å²) in [4.78, 5) is 13.8. The van der Waals surface area contributed by atoms with Crippen LogP contribution in [-0.4, -0.2) is 37.6 Å². The second kappa shape index (κ2) is 23.5. The van der Waals surface area contributed by atoms with Crippen molar-refractivity contribution in [1.82, 2.24) is 4.90 Å². The minimum atomic E-state index is -0.0225. The lowest BCUT2D eigenvalue weighted by Gasteiger charge is -2.24. The number of esters is 1. The molecule has 0 aliphatic heterocycles. The molecule has 36 heavy (non-hydrogen) atoms. The summed E-state index contributed by atoms with van der Waals surface area (Å²) in [7, 11) is 4.55. The second-order valence-corrected chi connectivity index (χ2v) is 12.1. The normalized spacial score (nSPS) is 18.0. The number of hydrogen-bond donors (Lipinski definition) is 0. The molecule has 1 fully saturated rings. The van der Waals surface area contributed by atoms with Gasteiger partial charge in [0.2, 0.25) is 0 Å². The second-order valence-electron chi connectivity index (χ2n) is 12.1. The minimum absolute atomic E-state index is 0.0225. The molecule has 1 saturated carbocycles. The van der Waals surface area contributed by atoms with Crippen molar-refractivity contribution in [3.05, 3.63) is 0 Å². The first kappa shape index (κ1) is 33.5. The van der Waals surface area contributed by atoms with Crippen LogP contribution in [0.25, 0.3) is 0 Å². The Labute approximate surface area is 226 Å². The van der Waals surface area contributed by atoms with Crippen molar-refractivity contribution in [2.24, 2.45) is 11.8 Å². The van der Waals surface area contributed by atoms with Crippen LogP contribution in [0, 0.1) is 11.8 Å². The Hall–Kier alpha value is -0.570. The van der Waals surface area contributed by atoms with Gasteiger partial charge in [0.15, 0.2) is 0 Å². The van der Waals surface area contributed by atoms with E-state index in [0.717, 1.165) is 24.3 Å². The SMILES string of the molecule is CCCCCCCC(CCCCCCCCCCC1CC1CCCCCCCC(=O)OCC)N(C)C. The Kier molecular flexibility index (Phi) is 21.9. The van der Waals surface area contributed by atoms with Gasteiger partial charge in [0.1, 0.15) is 0 Å². The number of carbonyl (C=O) groups excluding carboxylic acids is 1. The fourth-order valence-corrected chi connectivity index (χ4v) is 5.95. The molecule has 0 N–H and O–H groups in total. The fourth-order valence-electron chi connectivity index (χ4n) is 5.95.